The fourth-order valence-corrected chi connectivity index (χ4v) is 3.47. The first-order valence-corrected chi connectivity index (χ1v) is 6.78. The molecule has 18 heavy (non-hydrogen) atoms. The molecule has 1 saturated heterocycles. The second kappa shape index (κ2) is 4.62. The first kappa shape index (κ1) is 11.6. The number of rotatable bonds is 1. The van der Waals surface area contributed by atoms with Crippen LogP contribution in [0.3, 0.4) is 0 Å². The molecule has 94 valence electrons. The zero-order chi connectivity index (χ0) is 12.5. The third kappa shape index (κ3) is 1.97. The van der Waals surface area contributed by atoms with Gasteiger partial charge in [0.15, 0.2) is 0 Å². The van der Waals surface area contributed by atoms with E-state index >= 15 is 0 Å². The maximum absolute atomic E-state index is 8.82. The van der Waals surface area contributed by atoms with E-state index in [4.69, 9.17) is 11.0 Å². The highest BCUT2D eigenvalue weighted by Crippen LogP contribution is 2.37. The van der Waals surface area contributed by atoms with Gasteiger partial charge in [-0.2, -0.15) is 5.26 Å². The van der Waals surface area contributed by atoms with Crippen LogP contribution in [0.4, 0.5) is 5.69 Å². The Morgan fingerprint density at radius 1 is 1.17 bits per heavy atom. The summed E-state index contributed by atoms with van der Waals surface area (Å²) >= 11 is 0. The second-order valence-electron chi connectivity index (χ2n) is 5.58. The van der Waals surface area contributed by atoms with E-state index in [9.17, 15) is 0 Å². The smallest absolute Gasteiger partial charge is 0.0991 e. The van der Waals surface area contributed by atoms with E-state index in [-0.39, 0.29) is 0 Å². The van der Waals surface area contributed by atoms with Crippen molar-refractivity contribution in [2.75, 3.05) is 18.0 Å². The van der Waals surface area contributed by atoms with E-state index in [0.717, 1.165) is 24.6 Å². The normalized spacial score (nSPS) is 30.9. The van der Waals surface area contributed by atoms with Gasteiger partial charge in [-0.05, 0) is 48.9 Å². The number of nitriles is 1. The van der Waals surface area contributed by atoms with Crippen molar-refractivity contribution in [2.45, 2.75) is 25.3 Å². The average Bonchev–Trinajstić information content (AvgIpc) is 2.84. The first-order valence-electron chi connectivity index (χ1n) is 6.78. The Kier molecular flexibility index (Phi) is 2.97. The van der Waals surface area contributed by atoms with E-state index in [0.29, 0.717) is 12.0 Å². The summed E-state index contributed by atoms with van der Waals surface area (Å²) in [5.41, 5.74) is 8.20. The summed E-state index contributed by atoms with van der Waals surface area (Å²) in [5, 5.41) is 8.82. The predicted octanol–water partition coefficient (Wildman–Crippen LogP) is 2.12. The lowest BCUT2D eigenvalue weighted by Gasteiger charge is -2.29. The molecular formula is C15H19N3. The van der Waals surface area contributed by atoms with Gasteiger partial charge in [0.2, 0.25) is 0 Å². The van der Waals surface area contributed by atoms with Crippen molar-refractivity contribution in [3.8, 4) is 6.07 Å². The standard InChI is InChI=1S/C15H19N3/c16-8-11-4-6-13(7-5-11)18-9-12-2-1-3-15(17)14(12)10-18/h4-7,12,14-15H,1-3,9-10,17H2. The molecule has 1 heterocycles. The maximum atomic E-state index is 8.82. The lowest BCUT2D eigenvalue weighted by Crippen LogP contribution is -2.38. The van der Waals surface area contributed by atoms with E-state index in [1.807, 2.05) is 12.1 Å². The van der Waals surface area contributed by atoms with Gasteiger partial charge in [-0.25, -0.2) is 0 Å². The largest absolute Gasteiger partial charge is 0.371 e. The van der Waals surface area contributed by atoms with Crippen LogP contribution in [0.15, 0.2) is 24.3 Å². The minimum absolute atomic E-state index is 0.382. The topological polar surface area (TPSA) is 53.0 Å². The number of hydrogen-bond acceptors (Lipinski definition) is 3. The summed E-state index contributed by atoms with van der Waals surface area (Å²) < 4.78 is 0. The molecule has 3 unspecified atom stereocenters. The Hall–Kier alpha value is -1.53. The molecule has 2 N–H and O–H groups in total. The molecular weight excluding hydrogens is 222 g/mol. The van der Waals surface area contributed by atoms with Crippen molar-refractivity contribution in [1.82, 2.24) is 0 Å². The summed E-state index contributed by atoms with van der Waals surface area (Å²) in [6, 6.07) is 10.5. The SMILES string of the molecule is N#Cc1ccc(N2CC3CCCC(N)C3C2)cc1. The quantitative estimate of drug-likeness (QED) is 0.819. The van der Waals surface area contributed by atoms with E-state index in [2.05, 4.69) is 23.1 Å². The highest BCUT2D eigenvalue weighted by molar-refractivity contribution is 5.50. The second-order valence-corrected chi connectivity index (χ2v) is 5.58. The van der Waals surface area contributed by atoms with Crippen LogP contribution in [0, 0.1) is 23.2 Å². The average molecular weight is 241 g/mol. The van der Waals surface area contributed by atoms with Crippen LogP contribution in [0.2, 0.25) is 0 Å². The molecule has 3 heteroatoms. The molecule has 0 amide bonds. The van der Waals surface area contributed by atoms with Crippen molar-refractivity contribution in [3.05, 3.63) is 29.8 Å². The van der Waals surface area contributed by atoms with Crippen molar-refractivity contribution >= 4 is 5.69 Å². The summed E-state index contributed by atoms with van der Waals surface area (Å²) in [4.78, 5) is 2.43. The maximum Gasteiger partial charge on any atom is 0.0991 e. The number of nitrogens with two attached hydrogens (primary N) is 1. The van der Waals surface area contributed by atoms with Crippen LogP contribution < -0.4 is 10.6 Å². The van der Waals surface area contributed by atoms with Gasteiger partial charge < -0.3 is 10.6 Å². The van der Waals surface area contributed by atoms with Gasteiger partial charge >= 0.3 is 0 Å². The van der Waals surface area contributed by atoms with Crippen LogP contribution in [-0.2, 0) is 0 Å². The van der Waals surface area contributed by atoms with Gasteiger partial charge in [0.1, 0.15) is 0 Å². The summed E-state index contributed by atoms with van der Waals surface area (Å²) in [6.07, 6.45) is 3.79. The molecule has 1 aromatic carbocycles. The lowest BCUT2D eigenvalue weighted by molar-refractivity contribution is 0.260. The van der Waals surface area contributed by atoms with Crippen LogP contribution in [0.25, 0.3) is 0 Å². The molecule has 1 aliphatic heterocycles. The zero-order valence-electron chi connectivity index (χ0n) is 10.5. The fourth-order valence-electron chi connectivity index (χ4n) is 3.47. The van der Waals surface area contributed by atoms with E-state index in [1.165, 1.54) is 24.9 Å². The zero-order valence-corrected chi connectivity index (χ0v) is 10.5. The number of benzene rings is 1. The molecule has 2 fully saturated rings. The first-order chi connectivity index (χ1) is 8.78. The number of nitrogens with zero attached hydrogens (tertiary/aromatic N) is 2. The summed E-state index contributed by atoms with van der Waals surface area (Å²) in [5.74, 6) is 1.43. The van der Waals surface area contributed by atoms with Gasteiger partial charge in [-0.3, -0.25) is 0 Å². The van der Waals surface area contributed by atoms with Gasteiger partial charge in [-0.15, -0.1) is 0 Å². The Bertz CT molecular complexity index is 460. The fraction of sp³-hybridized carbons (Fsp3) is 0.533. The van der Waals surface area contributed by atoms with Crippen LogP contribution in [0.1, 0.15) is 24.8 Å². The lowest BCUT2D eigenvalue weighted by atomic mass is 9.78. The Balaban J connectivity index is 1.76. The molecule has 3 atom stereocenters. The van der Waals surface area contributed by atoms with Crippen molar-refractivity contribution in [2.24, 2.45) is 17.6 Å². The monoisotopic (exact) mass is 241 g/mol. The van der Waals surface area contributed by atoms with Crippen LogP contribution in [0.5, 0.6) is 0 Å². The number of hydrogen-bond donors (Lipinski definition) is 1. The minimum atomic E-state index is 0.382. The summed E-state index contributed by atoms with van der Waals surface area (Å²) in [7, 11) is 0. The Morgan fingerprint density at radius 2 is 1.94 bits per heavy atom. The predicted molar refractivity (Wildman–Crippen MR) is 72.2 cm³/mol. The van der Waals surface area contributed by atoms with Crippen LogP contribution in [-0.4, -0.2) is 19.1 Å². The molecule has 3 rings (SSSR count). The molecule has 0 bridgehead atoms. The van der Waals surface area contributed by atoms with Crippen molar-refractivity contribution in [1.29, 1.82) is 5.26 Å². The number of anilines is 1. The van der Waals surface area contributed by atoms with Crippen LogP contribution >= 0.6 is 0 Å². The van der Waals surface area contributed by atoms with Crippen molar-refractivity contribution < 1.29 is 0 Å². The molecule has 3 nitrogen and oxygen atoms in total. The molecule has 0 spiro atoms. The molecule has 0 radical (unpaired) electrons. The minimum Gasteiger partial charge on any atom is -0.371 e. The molecule has 0 aromatic heterocycles. The third-order valence-electron chi connectivity index (χ3n) is 4.52. The third-order valence-corrected chi connectivity index (χ3v) is 4.52. The molecule has 2 aliphatic rings. The number of fused-ring (bicyclic) bond motifs is 1. The van der Waals surface area contributed by atoms with Gasteiger partial charge in [0, 0.05) is 24.8 Å². The van der Waals surface area contributed by atoms with Crippen molar-refractivity contribution in [3.63, 3.8) is 0 Å². The molecule has 1 saturated carbocycles. The highest BCUT2D eigenvalue weighted by Gasteiger charge is 2.38. The van der Waals surface area contributed by atoms with Gasteiger partial charge in [0.05, 0.1) is 11.6 Å². The molecule has 1 aliphatic carbocycles. The summed E-state index contributed by atoms with van der Waals surface area (Å²) in [6.45, 7) is 2.21. The van der Waals surface area contributed by atoms with Gasteiger partial charge in [-0.1, -0.05) is 6.42 Å². The van der Waals surface area contributed by atoms with Gasteiger partial charge in [0.25, 0.3) is 0 Å². The van der Waals surface area contributed by atoms with E-state index in [1.54, 1.807) is 0 Å². The molecule has 1 aromatic rings. The Morgan fingerprint density at radius 3 is 2.61 bits per heavy atom. The highest BCUT2D eigenvalue weighted by atomic mass is 15.2. The Labute approximate surface area is 108 Å². The van der Waals surface area contributed by atoms with E-state index < -0.39 is 0 Å².